The number of halogens is 1. The number of phenolic OH excluding ortho intramolecular Hbond substituents is 1. The minimum atomic E-state index is -0.337. The molecule has 0 radical (unpaired) electrons. The van der Waals surface area contributed by atoms with Crippen LogP contribution in [-0.2, 0) is 0 Å². The van der Waals surface area contributed by atoms with Crippen LogP contribution in [0.3, 0.4) is 0 Å². The second-order valence-electron chi connectivity index (χ2n) is 4.49. The van der Waals surface area contributed by atoms with Gasteiger partial charge in [-0.05, 0) is 55.0 Å². The predicted molar refractivity (Wildman–Crippen MR) is 71.5 cm³/mol. The maximum Gasteiger partial charge on any atom is 0.258 e. The highest BCUT2D eigenvalue weighted by atomic mass is 19.1. The fraction of sp³-hybridized carbons (Fsp3) is 0.0667. The van der Waals surface area contributed by atoms with E-state index >= 15 is 0 Å². The van der Waals surface area contributed by atoms with Gasteiger partial charge in [-0.1, -0.05) is 5.16 Å². The minimum Gasteiger partial charge on any atom is -0.508 e. The summed E-state index contributed by atoms with van der Waals surface area (Å²) in [6, 6.07) is 11.0. The van der Waals surface area contributed by atoms with Crippen LogP contribution < -0.4 is 0 Å². The molecule has 0 atom stereocenters. The van der Waals surface area contributed by atoms with E-state index in [2.05, 4.69) is 10.1 Å². The zero-order chi connectivity index (χ0) is 14.1. The van der Waals surface area contributed by atoms with Gasteiger partial charge in [-0.2, -0.15) is 4.98 Å². The molecule has 0 aliphatic rings. The highest BCUT2D eigenvalue weighted by Crippen LogP contribution is 2.24. The Kier molecular flexibility index (Phi) is 2.95. The molecule has 4 nitrogen and oxygen atoms in total. The minimum absolute atomic E-state index is 0.161. The Labute approximate surface area is 114 Å². The molecule has 0 saturated carbocycles. The lowest BCUT2D eigenvalue weighted by molar-refractivity contribution is 0.432. The highest BCUT2D eigenvalue weighted by molar-refractivity contribution is 5.60. The van der Waals surface area contributed by atoms with E-state index < -0.39 is 0 Å². The molecule has 1 aromatic heterocycles. The van der Waals surface area contributed by atoms with Crippen molar-refractivity contribution in [2.24, 2.45) is 0 Å². The number of rotatable bonds is 2. The first-order chi connectivity index (χ1) is 9.61. The summed E-state index contributed by atoms with van der Waals surface area (Å²) in [5, 5.41) is 13.1. The average molecular weight is 270 g/mol. The van der Waals surface area contributed by atoms with Crippen molar-refractivity contribution in [3.05, 3.63) is 53.8 Å². The van der Waals surface area contributed by atoms with Crippen molar-refractivity contribution in [3.8, 4) is 28.6 Å². The van der Waals surface area contributed by atoms with E-state index in [-0.39, 0.29) is 11.6 Å². The number of hydrogen-bond acceptors (Lipinski definition) is 4. The van der Waals surface area contributed by atoms with E-state index in [1.165, 1.54) is 24.3 Å². The third-order valence-electron chi connectivity index (χ3n) is 2.84. The third kappa shape index (κ3) is 2.38. The van der Waals surface area contributed by atoms with Crippen LogP contribution in [0.5, 0.6) is 5.75 Å². The number of aromatic nitrogens is 2. The Morgan fingerprint density at radius 3 is 2.50 bits per heavy atom. The molecule has 100 valence electrons. The molecular weight excluding hydrogens is 259 g/mol. The van der Waals surface area contributed by atoms with Gasteiger partial charge in [0.15, 0.2) is 0 Å². The Morgan fingerprint density at radius 1 is 1.05 bits per heavy atom. The van der Waals surface area contributed by atoms with Gasteiger partial charge in [0.2, 0.25) is 5.82 Å². The van der Waals surface area contributed by atoms with E-state index in [1.807, 2.05) is 0 Å². The lowest BCUT2D eigenvalue weighted by Gasteiger charge is -1.97. The van der Waals surface area contributed by atoms with Crippen molar-refractivity contribution in [1.82, 2.24) is 10.1 Å². The van der Waals surface area contributed by atoms with Gasteiger partial charge in [-0.3, -0.25) is 0 Å². The van der Waals surface area contributed by atoms with Crippen LogP contribution in [0.4, 0.5) is 4.39 Å². The third-order valence-corrected chi connectivity index (χ3v) is 2.84. The Bertz CT molecular complexity index is 731. The Morgan fingerprint density at radius 2 is 1.80 bits per heavy atom. The summed E-state index contributed by atoms with van der Waals surface area (Å²) in [5.74, 6) is 0.475. The first-order valence-electron chi connectivity index (χ1n) is 6.02. The molecule has 1 N–H and O–H groups in total. The summed E-state index contributed by atoms with van der Waals surface area (Å²) in [6.45, 7) is 1.80. The number of aryl methyl sites for hydroxylation is 1. The maximum atomic E-state index is 13.4. The fourth-order valence-corrected chi connectivity index (χ4v) is 1.93. The molecule has 0 spiro atoms. The van der Waals surface area contributed by atoms with Gasteiger partial charge < -0.3 is 9.63 Å². The average Bonchev–Trinajstić information content (AvgIpc) is 2.88. The Balaban J connectivity index is 1.99. The summed E-state index contributed by atoms with van der Waals surface area (Å²) in [6.07, 6.45) is 0. The Hall–Kier alpha value is -2.69. The molecule has 0 unspecified atom stereocenters. The summed E-state index contributed by atoms with van der Waals surface area (Å²) in [7, 11) is 0. The van der Waals surface area contributed by atoms with E-state index in [0.29, 0.717) is 22.8 Å². The van der Waals surface area contributed by atoms with Gasteiger partial charge in [0.05, 0.1) is 0 Å². The van der Waals surface area contributed by atoms with Crippen molar-refractivity contribution in [2.75, 3.05) is 0 Å². The molecule has 3 rings (SSSR count). The molecule has 1 heterocycles. The highest BCUT2D eigenvalue weighted by Gasteiger charge is 2.11. The summed E-state index contributed by atoms with van der Waals surface area (Å²) in [5.41, 5.74) is 2.04. The first kappa shape index (κ1) is 12.3. The molecule has 0 saturated heterocycles. The number of benzene rings is 2. The smallest absolute Gasteiger partial charge is 0.258 e. The molecular formula is C15H11FN2O2. The number of aromatic hydroxyl groups is 1. The van der Waals surface area contributed by atoms with Crippen molar-refractivity contribution in [3.63, 3.8) is 0 Å². The molecule has 0 aliphatic heterocycles. The number of nitrogens with zero attached hydrogens (tertiary/aromatic N) is 2. The van der Waals surface area contributed by atoms with Gasteiger partial charge in [0, 0.05) is 11.1 Å². The van der Waals surface area contributed by atoms with Crippen molar-refractivity contribution >= 4 is 0 Å². The van der Waals surface area contributed by atoms with Crippen LogP contribution in [0.1, 0.15) is 5.56 Å². The van der Waals surface area contributed by atoms with Crippen LogP contribution in [0.15, 0.2) is 47.0 Å². The van der Waals surface area contributed by atoms with Gasteiger partial charge >= 0.3 is 0 Å². The van der Waals surface area contributed by atoms with Gasteiger partial charge in [-0.25, -0.2) is 4.39 Å². The molecule has 20 heavy (non-hydrogen) atoms. The lowest BCUT2D eigenvalue weighted by Crippen LogP contribution is -1.85. The molecule has 2 aromatic carbocycles. The molecule has 3 aromatic rings. The molecule has 0 fully saturated rings. The van der Waals surface area contributed by atoms with Crippen LogP contribution in [-0.4, -0.2) is 15.2 Å². The van der Waals surface area contributed by atoms with Crippen LogP contribution >= 0.6 is 0 Å². The topological polar surface area (TPSA) is 59.2 Å². The maximum absolute atomic E-state index is 13.4. The SMILES string of the molecule is Cc1cc(F)cc(-c2noc(-c3ccc(O)cc3)n2)c1. The van der Waals surface area contributed by atoms with Crippen LogP contribution in [0.2, 0.25) is 0 Å². The van der Waals surface area contributed by atoms with E-state index in [9.17, 15) is 9.50 Å². The lowest BCUT2D eigenvalue weighted by atomic mass is 10.1. The zero-order valence-corrected chi connectivity index (χ0v) is 10.7. The standard InChI is InChI=1S/C15H11FN2O2/c1-9-6-11(8-12(16)7-9)14-17-15(20-18-14)10-2-4-13(19)5-3-10/h2-8,19H,1H3. The zero-order valence-electron chi connectivity index (χ0n) is 10.7. The monoisotopic (exact) mass is 270 g/mol. The first-order valence-corrected chi connectivity index (χ1v) is 6.02. The quantitative estimate of drug-likeness (QED) is 0.773. The van der Waals surface area contributed by atoms with Gasteiger partial charge in [-0.15, -0.1) is 0 Å². The number of phenols is 1. The fourth-order valence-electron chi connectivity index (χ4n) is 1.93. The normalized spacial score (nSPS) is 10.7. The molecule has 5 heteroatoms. The summed E-state index contributed by atoms with van der Waals surface area (Å²) >= 11 is 0. The molecule has 0 amide bonds. The van der Waals surface area contributed by atoms with Crippen LogP contribution in [0, 0.1) is 12.7 Å². The van der Waals surface area contributed by atoms with E-state index in [0.717, 1.165) is 5.56 Å². The van der Waals surface area contributed by atoms with Crippen molar-refractivity contribution in [2.45, 2.75) is 6.92 Å². The molecule has 0 bridgehead atoms. The van der Waals surface area contributed by atoms with Crippen LogP contribution in [0.25, 0.3) is 22.8 Å². The van der Waals surface area contributed by atoms with Gasteiger partial charge in [0.1, 0.15) is 11.6 Å². The second kappa shape index (κ2) is 4.77. The summed E-state index contributed by atoms with van der Waals surface area (Å²) in [4.78, 5) is 4.24. The molecule has 0 aliphatic carbocycles. The van der Waals surface area contributed by atoms with Crippen molar-refractivity contribution < 1.29 is 14.0 Å². The predicted octanol–water partition coefficient (Wildman–Crippen LogP) is 3.56. The van der Waals surface area contributed by atoms with Gasteiger partial charge in [0.25, 0.3) is 5.89 Å². The van der Waals surface area contributed by atoms with E-state index in [1.54, 1.807) is 25.1 Å². The second-order valence-corrected chi connectivity index (χ2v) is 4.49. The largest absolute Gasteiger partial charge is 0.508 e. The van der Waals surface area contributed by atoms with E-state index in [4.69, 9.17) is 4.52 Å². The number of hydrogen-bond donors (Lipinski definition) is 1. The summed E-state index contributed by atoms with van der Waals surface area (Å²) < 4.78 is 18.5. The van der Waals surface area contributed by atoms with Crippen molar-refractivity contribution in [1.29, 1.82) is 0 Å².